The Morgan fingerprint density at radius 1 is 1.06 bits per heavy atom. The van der Waals surface area contributed by atoms with E-state index in [1.165, 1.54) is 6.08 Å². The van der Waals surface area contributed by atoms with Crippen molar-refractivity contribution < 1.29 is 9.59 Å². The van der Waals surface area contributed by atoms with Crippen LogP contribution < -0.4 is 5.32 Å². The average Bonchev–Trinajstić information content (AvgIpc) is 3.20. The first-order valence-corrected chi connectivity index (χ1v) is 11.1. The van der Waals surface area contributed by atoms with Crippen LogP contribution in [-0.2, 0) is 9.59 Å². The van der Waals surface area contributed by atoms with E-state index >= 15 is 0 Å². The summed E-state index contributed by atoms with van der Waals surface area (Å²) >= 11 is 0. The van der Waals surface area contributed by atoms with E-state index in [4.69, 9.17) is 0 Å². The van der Waals surface area contributed by atoms with Gasteiger partial charge in [0.1, 0.15) is 11.7 Å². The number of amides is 1. The molecule has 1 aliphatic carbocycles. The van der Waals surface area contributed by atoms with Crippen molar-refractivity contribution in [3.8, 4) is 0 Å². The van der Waals surface area contributed by atoms with Crippen molar-refractivity contribution in [3.05, 3.63) is 72.1 Å². The van der Waals surface area contributed by atoms with Crippen LogP contribution in [0.25, 0.3) is 17.1 Å². The molecule has 1 aromatic heterocycles. The van der Waals surface area contributed by atoms with Crippen LogP contribution in [0.4, 0.5) is 0 Å². The number of carbonyl (C=O) groups excluding carboxylic acids is 2. The lowest BCUT2D eigenvalue weighted by atomic mass is 9.63. The number of imidazole rings is 1. The number of nitrogens with zero attached hydrogens (tertiary/aromatic N) is 1. The molecule has 2 N–H and O–H groups in total. The van der Waals surface area contributed by atoms with Gasteiger partial charge in [-0.1, -0.05) is 49.4 Å². The summed E-state index contributed by atoms with van der Waals surface area (Å²) in [5.74, 6) is 0.366. The minimum absolute atomic E-state index is 0.101. The monoisotopic (exact) mass is 413 g/mol. The zero-order valence-electron chi connectivity index (χ0n) is 17.6. The second-order valence-corrected chi connectivity index (χ2v) is 8.99. The number of aromatic nitrogens is 2. The number of rotatable bonds is 4. The molecular weight excluding hydrogens is 386 g/mol. The highest BCUT2D eigenvalue weighted by Crippen LogP contribution is 2.45. The number of carbonyl (C=O) groups is 2. The number of allylic oxidation sites excluding steroid dienone is 1. The lowest BCUT2D eigenvalue weighted by molar-refractivity contribution is -0.138. The predicted molar refractivity (Wildman–Crippen MR) is 121 cm³/mol. The second kappa shape index (κ2) is 8.14. The van der Waals surface area contributed by atoms with Gasteiger partial charge in [-0.25, -0.2) is 4.98 Å². The fourth-order valence-electron chi connectivity index (χ4n) is 5.42. The van der Waals surface area contributed by atoms with Crippen LogP contribution in [0.1, 0.15) is 43.5 Å². The molecule has 5 heteroatoms. The van der Waals surface area contributed by atoms with E-state index in [-0.39, 0.29) is 29.6 Å². The molecule has 2 fully saturated rings. The summed E-state index contributed by atoms with van der Waals surface area (Å²) in [6.45, 7) is 2.27. The van der Waals surface area contributed by atoms with Crippen molar-refractivity contribution in [1.29, 1.82) is 0 Å². The van der Waals surface area contributed by atoms with Crippen LogP contribution >= 0.6 is 0 Å². The molecule has 5 rings (SSSR count). The summed E-state index contributed by atoms with van der Waals surface area (Å²) in [6.07, 6.45) is 6.34. The molecule has 0 spiro atoms. The molecule has 0 bridgehead atoms. The minimum atomic E-state index is -0.713. The molecule has 1 amide bonds. The zero-order valence-corrected chi connectivity index (χ0v) is 17.6. The van der Waals surface area contributed by atoms with Gasteiger partial charge in [-0.15, -0.1) is 0 Å². The van der Waals surface area contributed by atoms with Gasteiger partial charge in [0.2, 0.25) is 5.91 Å². The number of benzene rings is 2. The summed E-state index contributed by atoms with van der Waals surface area (Å²) in [7, 11) is 0. The van der Waals surface area contributed by atoms with Crippen molar-refractivity contribution in [2.45, 2.75) is 38.1 Å². The number of piperidine rings is 1. The number of ketones is 1. The Bertz CT molecular complexity index is 1100. The summed E-state index contributed by atoms with van der Waals surface area (Å²) in [5.41, 5.74) is 2.86. The molecule has 31 heavy (non-hydrogen) atoms. The fourth-order valence-corrected chi connectivity index (χ4v) is 5.42. The number of fused-ring (bicyclic) bond motifs is 2. The van der Waals surface area contributed by atoms with E-state index in [0.717, 1.165) is 35.9 Å². The molecular formula is C26H27N3O2. The Balaban J connectivity index is 1.47. The van der Waals surface area contributed by atoms with Crippen molar-refractivity contribution in [3.63, 3.8) is 0 Å². The Hall–Kier alpha value is -3.21. The van der Waals surface area contributed by atoms with Crippen LogP contribution in [-0.4, -0.2) is 27.7 Å². The van der Waals surface area contributed by atoms with Gasteiger partial charge >= 0.3 is 0 Å². The second-order valence-electron chi connectivity index (χ2n) is 8.99. The molecule has 3 aromatic rings. The van der Waals surface area contributed by atoms with E-state index in [1.54, 1.807) is 6.08 Å². The van der Waals surface area contributed by atoms with Crippen molar-refractivity contribution in [2.24, 2.45) is 17.8 Å². The van der Waals surface area contributed by atoms with Gasteiger partial charge in [0.25, 0.3) is 0 Å². The highest BCUT2D eigenvalue weighted by Gasteiger charge is 2.48. The van der Waals surface area contributed by atoms with Crippen LogP contribution in [0.15, 0.2) is 60.7 Å². The Morgan fingerprint density at radius 3 is 2.65 bits per heavy atom. The van der Waals surface area contributed by atoms with Gasteiger partial charge in [-0.3, -0.25) is 9.59 Å². The highest BCUT2D eigenvalue weighted by molar-refractivity contribution is 6.09. The molecule has 5 unspecified atom stereocenters. The van der Waals surface area contributed by atoms with Crippen LogP contribution in [0.3, 0.4) is 0 Å². The molecule has 158 valence electrons. The number of nitrogens with one attached hydrogen (secondary N) is 2. The number of aromatic amines is 1. The average molecular weight is 414 g/mol. The summed E-state index contributed by atoms with van der Waals surface area (Å²) in [4.78, 5) is 34.2. The molecule has 1 aliphatic heterocycles. The van der Waals surface area contributed by atoms with Crippen LogP contribution in [0, 0.1) is 17.8 Å². The van der Waals surface area contributed by atoms with Crippen molar-refractivity contribution in [1.82, 2.24) is 15.3 Å². The first-order chi connectivity index (χ1) is 15.1. The quantitative estimate of drug-likeness (QED) is 0.489. The van der Waals surface area contributed by atoms with E-state index in [1.807, 2.05) is 42.5 Å². The number of hydrogen-bond acceptors (Lipinski definition) is 3. The predicted octanol–water partition coefficient (Wildman–Crippen LogP) is 4.48. The van der Waals surface area contributed by atoms with Gasteiger partial charge in [0.15, 0.2) is 5.78 Å². The van der Waals surface area contributed by atoms with Crippen LogP contribution in [0.2, 0.25) is 0 Å². The summed E-state index contributed by atoms with van der Waals surface area (Å²) in [5, 5.41) is 3.17. The Labute approximate surface area is 182 Å². The minimum Gasteiger partial charge on any atom is -0.352 e. The normalized spacial score (nSPS) is 28.4. The number of para-hydroxylation sites is 2. The standard InChI is InChI=1S/C26H27N3O2/c1-16-11-12-19-18(15-16)24(17-7-3-2-4-8-17)25(26(31)29-19)22(30)13-14-23-27-20-9-5-6-10-21(20)28-23/h2-10,13-14,16,18-19,24-25H,11-12,15H2,1H3,(H,27,28)(H,29,31)/b14-13+. The number of H-pyrrole nitrogens is 1. The lowest BCUT2D eigenvalue weighted by Crippen LogP contribution is -2.57. The highest BCUT2D eigenvalue weighted by atomic mass is 16.2. The summed E-state index contributed by atoms with van der Waals surface area (Å²) in [6, 6.07) is 18.0. The van der Waals surface area contributed by atoms with E-state index in [9.17, 15) is 9.59 Å². The lowest BCUT2D eigenvalue weighted by Gasteiger charge is -2.46. The first-order valence-electron chi connectivity index (χ1n) is 11.1. The first kappa shape index (κ1) is 19.7. The third-order valence-corrected chi connectivity index (χ3v) is 6.90. The Kier molecular flexibility index (Phi) is 5.18. The molecule has 1 saturated heterocycles. The van der Waals surface area contributed by atoms with E-state index < -0.39 is 5.92 Å². The largest absolute Gasteiger partial charge is 0.352 e. The fraction of sp³-hybridized carbons (Fsp3) is 0.346. The summed E-state index contributed by atoms with van der Waals surface area (Å²) < 4.78 is 0. The SMILES string of the molecule is CC1CCC2NC(=O)C(C(=O)/C=C/c3nc4ccccc4[nH]3)C(c3ccccc3)C2C1. The third kappa shape index (κ3) is 3.80. The van der Waals surface area contributed by atoms with Gasteiger partial charge in [-0.2, -0.15) is 0 Å². The topological polar surface area (TPSA) is 74.8 Å². The molecule has 2 aliphatic rings. The maximum Gasteiger partial charge on any atom is 0.231 e. The third-order valence-electron chi connectivity index (χ3n) is 6.90. The van der Waals surface area contributed by atoms with Crippen LogP contribution in [0.5, 0.6) is 0 Å². The maximum atomic E-state index is 13.3. The maximum absolute atomic E-state index is 13.3. The molecule has 2 heterocycles. The molecule has 5 atom stereocenters. The molecule has 5 nitrogen and oxygen atoms in total. The van der Waals surface area contributed by atoms with Gasteiger partial charge < -0.3 is 10.3 Å². The van der Waals surface area contributed by atoms with Crippen molar-refractivity contribution in [2.75, 3.05) is 0 Å². The van der Waals surface area contributed by atoms with E-state index in [0.29, 0.717) is 11.7 Å². The van der Waals surface area contributed by atoms with E-state index in [2.05, 4.69) is 34.3 Å². The molecule has 0 radical (unpaired) electrons. The Morgan fingerprint density at radius 2 is 1.84 bits per heavy atom. The zero-order chi connectivity index (χ0) is 21.4. The smallest absolute Gasteiger partial charge is 0.231 e. The van der Waals surface area contributed by atoms with Gasteiger partial charge in [0.05, 0.1) is 11.0 Å². The molecule has 2 aromatic carbocycles. The van der Waals surface area contributed by atoms with Gasteiger partial charge in [-0.05, 0) is 60.9 Å². The number of hydrogen-bond donors (Lipinski definition) is 2. The van der Waals surface area contributed by atoms with Gasteiger partial charge in [0, 0.05) is 12.0 Å². The molecule has 1 saturated carbocycles. The van der Waals surface area contributed by atoms with Crippen molar-refractivity contribution >= 4 is 28.8 Å².